The number of rotatable bonds is 5. The van der Waals surface area contributed by atoms with Crippen molar-refractivity contribution in [2.45, 2.75) is 76.2 Å². The molecule has 124 valence electrons. The maximum absolute atomic E-state index is 12.4. The van der Waals surface area contributed by atoms with E-state index in [0.717, 1.165) is 25.7 Å². The first-order valence-electron chi connectivity index (χ1n) is 8.57. The SMILES string of the molecule is COCCNC1(C(=O)OC)CCCCCCCCCCC1. The summed E-state index contributed by atoms with van der Waals surface area (Å²) in [7, 11) is 3.19. The summed E-state index contributed by atoms with van der Waals surface area (Å²) in [5.41, 5.74) is -0.507. The molecule has 0 amide bonds. The molecule has 0 aliphatic heterocycles. The molecular weight excluding hydrogens is 266 g/mol. The van der Waals surface area contributed by atoms with E-state index in [4.69, 9.17) is 9.47 Å². The normalized spacial score (nSPS) is 21.0. The van der Waals surface area contributed by atoms with Crippen molar-refractivity contribution in [3.8, 4) is 0 Å². The third-order valence-electron chi connectivity index (χ3n) is 4.55. The molecule has 0 unspecified atom stereocenters. The largest absolute Gasteiger partial charge is 0.468 e. The van der Waals surface area contributed by atoms with Gasteiger partial charge in [-0.1, -0.05) is 57.8 Å². The van der Waals surface area contributed by atoms with Crippen molar-refractivity contribution in [3.63, 3.8) is 0 Å². The van der Waals surface area contributed by atoms with Crippen molar-refractivity contribution in [1.82, 2.24) is 5.32 Å². The van der Waals surface area contributed by atoms with Gasteiger partial charge in [0.2, 0.25) is 0 Å². The van der Waals surface area contributed by atoms with Crippen molar-refractivity contribution in [2.75, 3.05) is 27.4 Å². The molecule has 0 spiro atoms. The second-order valence-electron chi connectivity index (χ2n) is 6.18. The quantitative estimate of drug-likeness (QED) is 0.624. The van der Waals surface area contributed by atoms with Gasteiger partial charge in [-0.15, -0.1) is 0 Å². The highest BCUT2D eigenvalue weighted by atomic mass is 16.5. The van der Waals surface area contributed by atoms with Gasteiger partial charge in [0.15, 0.2) is 0 Å². The Balaban J connectivity index is 2.67. The lowest BCUT2D eigenvalue weighted by atomic mass is 9.85. The number of hydrogen-bond donors (Lipinski definition) is 1. The fraction of sp³-hybridized carbons (Fsp3) is 0.941. The van der Waals surface area contributed by atoms with Gasteiger partial charge in [-0.3, -0.25) is 10.1 Å². The van der Waals surface area contributed by atoms with Gasteiger partial charge >= 0.3 is 5.97 Å². The Kier molecular flexibility index (Phi) is 9.68. The zero-order valence-corrected chi connectivity index (χ0v) is 13.9. The van der Waals surface area contributed by atoms with Crippen LogP contribution in [0.4, 0.5) is 0 Å². The number of carbonyl (C=O) groups excluding carboxylic acids is 1. The van der Waals surface area contributed by atoms with Gasteiger partial charge < -0.3 is 9.47 Å². The lowest BCUT2D eigenvalue weighted by Crippen LogP contribution is -2.53. The molecule has 0 bridgehead atoms. The molecule has 0 aromatic carbocycles. The summed E-state index contributed by atoms with van der Waals surface area (Å²) in [5, 5.41) is 3.44. The van der Waals surface area contributed by atoms with Crippen LogP contribution >= 0.6 is 0 Å². The summed E-state index contributed by atoms with van der Waals surface area (Å²) in [5.74, 6) is -0.101. The van der Waals surface area contributed by atoms with Crippen LogP contribution in [0.3, 0.4) is 0 Å². The lowest BCUT2D eigenvalue weighted by Gasteiger charge is -2.32. The molecule has 1 N–H and O–H groups in total. The highest BCUT2D eigenvalue weighted by Gasteiger charge is 2.37. The van der Waals surface area contributed by atoms with Crippen LogP contribution in [0.2, 0.25) is 0 Å². The van der Waals surface area contributed by atoms with E-state index in [1.807, 2.05) is 0 Å². The highest BCUT2D eigenvalue weighted by Crippen LogP contribution is 2.26. The first kappa shape index (κ1) is 18.4. The lowest BCUT2D eigenvalue weighted by molar-refractivity contribution is -0.149. The number of esters is 1. The maximum atomic E-state index is 12.4. The van der Waals surface area contributed by atoms with E-state index in [0.29, 0.717) is 13.2 Å². The minimum absolute atomic E-state index is 0.101. The smallest absolute Gasteiger partial charge is 0.326 e. The first-order valence-corrected chi connectivity index (χ1v) is 8.57. The maximum Gasteiger partial charge on any atom is 0.326 e. The summed E-state index contributed by atoms with van der Waals surface area (Å²) < 4.78 is 10.2. The van der Waals surface area contributed by atoms with E-state index < -0.39 is 5.54 Å². The Morgan fingerprint density at radius 3 is 1.81 bits per heavy atom. The van der Waals surface area contributed by atoms with Gasteiger partial charge in [0.1, 0.15) is 5.54 Å². The molecule has 1 rings (SSSR count). The molecule has 1 aliphatic carbocycles. The predicted octanol–water partition coefficient (Wildman–Crippen LogP) is 3.44. The Hall–Kier alpha value is -0.610. The Bertz CT molecular complexity index is 269. The van der Waals surface area contributed by atoms with Gasteiger partial charge in [0, 0.05) is 13.7 Å². The molecule has 4 nitrogen and oxygen atoms in total. The molecule has 1 fully saturated rings. The van der Waals surface area contributed by atoms with E-state index in [2.05, 4.69) is 5.32 Å². The van der Waals surface area contributed by atoms with Crippen molar-refractivity contribution in [1.29, 1.82) is 0 Å². The van der Waals surface area contributed by atoms with Crippen LogP contribution in [0, 0.1) is 0 Å². The van der Waals surface area contributed by atoms with E-state index in [1.165, 1.54) is 52.1 Å². The molecule has 0 radical (unpaired) electrons. The third kappa shape index (κ3) is 6.79. The average molecular weight is 299 g/mol. The summed E-state index contributed by atoms with van der Waals surface area (Å²) in [6.07, 6.45) is 13.0. The molecule has 0 aromatic heterocycles. The zero-order valence-electron chi connectivity index (χ0n) is 13.9. The molecule has 0 heterocycles. The van der Waals surface area contributed by atoms with Crippen molar-refractivity contribution >= 4 is 5.97 Å². The van der Waals surface area contributed by atoms with Crippen molar-refractivity contribution in [3.05, 3.63) is 0 Å². The minimum Gasteiger partial charge on any atom is -0.468 e. The summed E-state index contributed by atoms with van der Waals surface area (Å²) in [4.78, 5) is 12.4. The Morgan fingerprint density at radius 2 is 1.38 bits per heavy atom. The predicted molar refractivity (Wildman–Crippen MR) is 85.4 cm³/mol. The van der Waals surface area contributed by atoms with E-state index in [-0.39, 0.29) is 5.97 Å². The number of hydrogen-bond acceptors (Lipinski definition) is 4. The molecule has 0 atom stereocenters. The number of ether oxygens (including phenoxy) is 2. The molecule has 0 aromatic rings. The van der Waals surface area contributed by atoms with Crippen molar-refractivity contribution < 1.29 is 14.3 Å². The summed E-state index contributed by atoms with van der Waals surface area (Å²) >= 11 is 0. The summed E-state index contributed by atoms with van der Waals surface area (Å²) in [6.45, 7) is 1.32. The minimum atomic E-state index is -0.507. The van der Waals surface area contributed by atoms with E-state index in [1.54, 1.807) is 7.11 Å². The zero-order chi connectivity index (χ0) is 15.4. The Morgan fingerprint density at radius 1 is 0.905 bits per heavy atom. The Labute approximate surface area is 130 Å². The molecule has 4 heteroatoms. The monoisotopic (exact) mass is 299 g/mol. The summed E-state index contributed by atoms with van der Waals surface area (Å²) in [6, 6.07) is 0. The standard InChI is InChI=1S/C17H33NO3/c1-20-15-14-18-17(16(19)21-2)12-10-8-6-4-3-5-7-9-11-13-17/h18H,3-15H2,1-2H3. The molecule has 1 aliphatic rings. The van der Waals surface area contributed by atoms with Gasteiger partial charge in [0.05, 0.1) is 13.7 Å². The van der Waals surface area contributed by atoms with Crippen LogP contribution in [0.15, 0.2) is 0 Å². The van der Waals surface area contributed by atoms with E-state index in [9.17, 15) is 4.79 Å². The van der Waals surface area contributed by atoms with Crippen LogP contribution in [0.1, 0.15) is 70.6 Å². The molecule has 1 saturated carbocycles. The number of methoxy groups -OCH3 is 2. The average Bonchev–Trinajstić information content (AvgIpc) is 2.49. The fourth-order valence-electron chi connectivity index (χ4n) is 3.26. The second-order valence-corrected chi connectivity index (χ2v) is 6.18. The fourth-order valence-corrected chi connectivity index (χ4v) is 3.26. The van der Waals surface area contributed by atoms with Crippen LogP contribution in [0.25, 0.3) is 0 Å². The molecule has 0 saturated heterocycles. The van der Waals surface area contributed by atoms with Gasteiger partial charge in [0.25, 0.3) is 0 Å². The molecular formula is C17H33NO3. The molecule has 21 heavy (non-hydrogen) atoms. The first-order chi connectivity index (χ1) is 10.2. The van der Waals surface area contributed by atoms with Gasteiger partial charge in [-0.25, -0.2) is 0 Å². The topological polar surface area (TPSA) is 47.6 Å². The van der Waals surface area contributed by atoms with Crippen LogP contribution in [0.5, 0.6) is 0 Å². The van der Waals surface area contributed by atoms with Gasteiger partial charge in [-0.05, 0) is 12.8 Å². The van der Waals surface area contributed by atoms with Crippen molar-refractivity contribution in [2.24, 2.45) is 0 Å². The van der Waals surface area contributed by atoms with Crippen LogP contribution in [-0.2, 0) is 14.3 Å². The number of carbonyl (C=O) groups is 1. The van der Waals surface area contributed by atoms with Gasteiger partial charge in [-0.2, -0.15) is 0 Å². The second kappa shape index (κ2) is 11.0. The van der Waals surface area contributed by atoms with Crippen LogP contribution in [-0.4, -0.2) is 38.9 Å². The highest BCUT2D eigenvalue weighted by molar-refractivity contribution is 5.80. The number of nitrogens with one attached hydrogen (secondary N) is 1. The third-order valence-corrected chi connectivity index (χ3v) is 4.55. The van der Waals surface area contributed by atoms with Crippen LogP contribution < -0.4 is 5.32 Å². The van der Waals surface area contributed by atoms with E-state index >= 15 is 0 Å².